The molecule has 1 heterocycles. The molecule has 0 saturated carbocycles. The van der Waals surface area contributed by atoms with Gasteiger partial charge in [-0.05, 0) is 48.2 Å². The quantitative estimate of drug-likeness (QED) is 0.474. The highest BCUT2D eigenvalue weighted by atomic mass is 32.2. The first-order valence-electron chi connectivity index (χ1n) is 8.72. The topological polar surface area (TPSA) is 123 Å². The molecular weight excluding hydrogens is 408 g/mol. The molecule has 3 aromatic rings. The third-order valence-electron chi connectivity index (χ3n) is 4.27. The minimum atomic E-state index is -0.540. The highest BCUT2D eigenvalue weighted by molar-refractivity contribution is 7.99. The van der Waals surface area contributed by atoms with Crippen LogP contribution in [-0.4, -0.2) is 38.5 Å². The van der Waals surface area contributed by atoms with Crippen LogP contribution in [0.4, 0.5) is 17.1 Å². The number of hydrogen-bond donors (Lipinski definition) is 1. The number of nitrogens with zero attached hydrogens (tertiary/aromatic N) is 5. The number of amides is 2. The van der Waals surface area contributed by atoms with Crippen LogP contribution in [0.15, 0.2) is 58.8 Å². The van der Waals surface area contributed by atoms with Gasteiger partial charge in [0, 0.05) is 44.0 Å². The van der Waals surface area contributed by atoms with E-state index in [-0.39, 0.29) is 17.2 Å². The molecule has 0 atom stereocenters. The standard InChI is InChI=1S/C19H18N6O4S/c1-12(26)24(3)15-7-5-14(6-8-15)21-18(27)13-4-9-17(16(10-13)25(28)29)30-19-22-20-11-23(19)2/h4-11H,1-3H3,(H,21,27). The van der Waals surface area contributed by atoms with E-state index in [4.69, 9.17) is 0 Å². The monoisotopic (exact) mass is 426 g/mol. The van der Waals surface area contributed by atoms with Crippen LogP contribution in [0, 0.1) is 10.1 Å². The van der Waals surface area contributed by atoms with Crippen molar-refractivity contribution in [3.8, 4) is 0 Å². The van der Waals surface area contributed by atoms with Crippen molar-refractivity contribution in [2.75, 3.05) is 17.3 Å². The average molecular weight is 426 g/mol. The number of carbonyl (C=O) groups is 2. The van der Waals surface area contributed by atoms with Gasteiger partial charge in [-0.3, -0.25) is 19.7 Å². The minimum Gasteiger partial charge on any atom is -0.322 e. The molecule has 0 saturated heterocycles. The summed E-state index contributed by atoms with van der Waals surface area (Å²) in [6, 6.07) is 10.9. The van der Waals surface area contributed by atoms with Crippen LogP contribution in [0.25, 0.3) is 0 Å². The lowest BCUT2D eigenvalue weighted by Gasteiger charge is -2.15. The first kappa shape index (κ1) is 21.0. The Kier molecular flexibility index (Phi) is 6.11. The summed E-state index contributed by atoms with van der Waals surface area (Å²) < 4.78 is 1.64. The van der Waals surface area contributed by atoms with E-state index in [9.17, 15) is 19.7 Å². The molecular formula is C19H18N6O4S. The van der Waals surface area contributed by atoms with Gasteiger partial charge in [-0.25, -0.2) is 0 Å². The summed E-state index contributed by atoms with van der Waals surface area (Å²) in [7, 11) is 3.38. The number of benzene rings is 2. The zero-order valence-corrected chi connectivity index (χ0v) is 17.2. The number of nitro benzene ring substituents is 1. The number of nitrogens with one attached hydrogen (secondary N) is 1. The van der Waals surface area contributed by atoms with Crippen molar-refractivity contribution in [3.63, 3.8) is 0 Å². The highest BCUT2D eigenvalue weighted by Gasteiger charge is 2.20. The van der Waals surface area contributed by atoms with Gasteiger partial charge in [0.05, 0.1) is 9.82 Å². The zero-order valence-electron chi connectivity index (χ0n) is 16.4. The van der Waals surface area contributed by atoms with E-state index in [2.05, 4.69) is 15.5 Å². The van der Waals surface area contributed by atoms with Gasteiger partial charge in [0.15, 0.2) is 5.16 Å². The van der Waals surface area contributed by atoms with Crippen LogP contribution < -0.4 is 10.2 Å². The maximum Gasteiger partial charge on any atom is 0.284 e. The van der Waals surface area contributed by atoms with Crippen molar-refractivity contribution in [2.24, 2.45) is 7.05 Å². The van der Waals surface area contributed by atoms with Crippen LogP contribution in [0.3, 0.4) is 0 Å². The van der Waals surface area contributed by atoms with E-state index in [0.29, 0.717) is 21.4 Å². The van der Waals surface area contributed by atoms with Crippen molar-refractivity contribution in [1.29, 1.82) is 0 Å². The number of rotatable bonds is 6. The molecule has 0 unspecified atom stereocenters. The van der Waals surface area contributed by atoms with Gasteiger partial charge in [0.25, 0.3) is 11.6 Å². The second kappa shape index (κ2) is 8.74. The van der Waals surface area contributed by atoms with Gasteiger partial charge < -0.3 is 14.8 Å². The van der Waals surface area contributed by atoms with E-state index in [1.807, 2.05) is 0 Å². The molecule has 10 nitrogen and oxygen atoms in total. The lowest BCUT2D eigenvalue weighted by molar-refractivity contribution is -0.387. The fourth-order valence-electron chi connectivity index (χ4n) is 2.50. The summed E-state index contributed by atoms with van der Waals surface area (Å²) in [4.78, 5) is 36.8. The zero-order chi connectivity index (χ0) is 21.8. The third-order valence-corrected chi connectivity index (χ3v) is 5.39. The first-order valence-corrected chi connectivity index (χ1v) is 9.54. The predicted octanol–water partition coefficient (Wildman–Crippen LogP) is 3.11. The normalized spacial score (nSPS) is 10.5. The van der Waals surface area contributed by atoms with Crippen LogP contribution in [0.5, 0.6) is 0 Å². The van der Waals surface area contributed by atoms with Gasteiger partial charge in [-0.1, -0.05) is 0 Å². The maximum atomic E-state index is 12.6. The van der Waals surface area contributed by atoms with Crippen molar-refractivity contribution in [3.05, 3.63) is 64.5 Å². The minimum absolute atomic E-state index is 0.113. The summed E-state index contributed by atoms with van der Waals surface area (Å²) in [6.45, 7) is 1.45. The largest absolute Gasteiger partial charge is 0.322 e. The van der Waals surface area contributed by atoms with Gasteiger partial charge >= 0.3 is 0 Å². The van der Waals surface area contributed by atoms with E-state index in [1.165, 1.54) is 36.4 Å². The Morgan fingerprint density at radius 1 is 1.20 bits per heavy atom. The molecule has 2 aromatic carbocycles. The third kappa shape index (κ3) is 4.63. The smallest absolute Gasteiger partial charge is 0.284 e. The number of hydrogen-bond acceptors (Lipinski definition) is 7. The van der Waals surface area contributed by atoms with Crippen LogP contribution in [0.2, 0.25) is 0 Å². The van der Waals surface area contributed by atoms with Gasteiger partial charge in [0.1, 0.15) is 6.33 Å². The molecule has 154 valence electrons. The van der Waals surface area contributed by atoms with Crippen LogP contribution >= 0.6 is 11.8 Å². The van der Waals surface area contributed by atoms with Gasteiger partial charge in [-0.15, -0.1) is 10.2 Å². The van der Waals surface area contributed by atoms with Crippen molar-refractivity contribution >= 4 is 40.6 Å². The number of carbonyl (C=O) groups excluding carboxylic acids is 2. The first-order chi connectivity index (χ1) is 14.3. The Bertz CT molecular complexity index is 1110. The Balaban J connectivity index is 1.79. The van der Waals surface area contributed by atoms with E-state index < -0.39 is 10.8 Å². The molecule has 0 aliphatic heterocycles. The fraction of sp³-hybridized carbons (Fsp3) is 0.158. The van der Waals surface area contributed by atoms with Gasteiger partial charge in [-0.2, -0.15) is 0 Å². The average Bonchev–Trinajstić information content (AvgIpc) is 3.12. The molecule has 1 aromatic heterocycles. The molecule has 3 rings (SSSR count). The molecule has 0 fully saturated rings. The Labute approximate surface area is 176 Å². The van der Waals surface area contributed by atoms with Crippen LogP contribution in [-0.2, 0) is 11.8 Å². The van der Waals surface area contributed by atoms with Crippen molar-refractivity contribution in [2.45, 2.75) is 17.0 Å². The van der Waals surface area contributed by atoms with E-state index >= 15 is 0 Å². The van der Waals surface area contributed by atoms with E-state index in [0.717, 1.165) is 11.8 Å². The molecule has 0 spiro atoms. The summed E-state index contributed by atoms with van der Waals surface area (Å²) in [5.74, 6) is -0.598. The molecule has 0 radical (unpaired) electrons. The number of nitro groups is 1. The molecule has 30 heavy (non-hydrogen) atoms. The number of aryl methyl sites for hydroxylation is 1. The highest BCUT2D eigenvalue weighted by Crippen LogP contribution is 2.34. The summed E-state index contributed by atoms with van der Waals surface area (Å²) in [6.07, 6.45) is 1.50. The lowest BCUT2D eigenvalue weighted by atomic mass is 10.2. The Morgan fingerprint density at radius 3 is 2.47 bits per heavy atom. The summed E-state index contributed by atoms with van der Waals surface area (Å²) in [5.41, 5.74) is 1.13. The number of aromatic nitrogens is 3. The molecule has 1 N–H and O–H groups in total. The molecule has 0 aliphatic rings. The molecule has 0 aliphatic carbocycles. The van der Waals surface area contributed by atoms with Gasteiger partial charge in [0.2, 0.25) is 5.91 Å². The summed E-state index contributed by atoms with van der Waals surface area (Å²) in [5, 5.41) is 22.4. The second-order valence-corrected chi connectivity index (χ2v) is 7.35. The van der Waals surface area contributed by atoms with E-state index in [1.54, 1.807) is 42.9 Å². The Morgan fingerprint density at radius 2 is 1.90 bits per heavy atom. The number of anilines is 2. The van der Waals surface area contributed by atoms with Crippen molar-refractivity contribution in [1.82, 2.24) is 14.8 Å². The predicted molar refractivity (Wildman–Crippen MR) is 112 cm³/mol. The lowest BCUT2D eigenvalue weighted by Crippen LogP contribution is -2.22. The maximum absolute atomic E-state index is 12.6. The molecule has 2 amide bonds. The summed E-state index contributed by atoms with van der Waals surface area (Å²) >= 11 is 1.09. The fourth-order valence-corrected chi connectivity index (χ4v) is 3.35. The SMILES string of the molecule is CC(=O)N(C)c1ccc(NC(=O)c2ccc(Sc3nncn3C)c([N+](=O)[O-])c2)cc1. The molecule has 0 bridgehead atoms. The Hall–Kier alpha value is -3.73. The second-order valence-electron chi connectivity index (χ2n) is 6.35. The molecule has 11 heteroatoms. The van der Waals surface area contributed by atoms with Crippen LogP contribution in [0.1, 0.15) is 17.3 Å². The van der Waals surface area contributed by atoms with Crippen molar-refractivity contribution < 1.29 is 14.5 Å².